The van der Waals surface area contributed by atoms with Crippen molar-refractivity contribution < 1.29 is 23.4 Å². The molecule has 0 spiro atoms. The van der Waals surface area contributed by atoms with E-state index in [1.165, 1.54) is 13.2 Å². The number of piperidine rings is 1. The number of allylic oxidation sites excluding steroid dienone is 4. The summed E-state index contributed by atoms with van der Waals surface area (Å²) in [5.74, 6) is 1.77. The van der Waals surface area contributed by atoms with Crippen LogP contribution in [0.4, 0.5) is 10.1 Å². The molecule has 1 N–H and O–H groups in total. The van der Waals surface area contributed by atoms with E-state index in [2.05, 4.69) is 5.32 Å². The van der Waals surface area contributed by atoms with Crippen LogP contribution in [0.15, 0.2) is 35.9 Å². The number of fused-ring (bicyclic) bond motifs is 1. The standard InChI is InChI=1S/C22H26ClFN2O4/c1-13-9-14(24)3-4-18(13)29-15-5-7-26(8-6-15)22(27)21-12-25-17-10-16(23)19(28-2)11-20(17)30-21/h3-4,10-11,13,15,21,25H,5-9,12H2,1-2H3. The van der Waals surface area contributed by atoms with Gasteiger partial charge in [-0.3, -0.25) is 4.79 Å². The van der Waals surface area contributed by atoms with Crippen molar-refractivity contribution in [1.82, 2.24) is 4.90 Å². The zero-order chi connectivity index (χ0) is 21.3. The van der Waals surface area contributed by atoms with Crippen molar-refractivity contribution in [2.45, 2.75) is 38.4 Å². The number of halogens is 2. The number of anilines is 1. The minimum atomic E-state index is -0.602. The van der Waals surface area contributed by atoms with Gasteiger partial charge in [0.25, 0.3) is 5.91 Å². The molecule has 2 aliphatic heterocycles. The quantitative estimate of drug-likeness (QED) is 0.762. The summed E-state index contributed by atoms with van der Waals surface area (Å²) in [7, 11) is 1.54. The van der Waals surface area contributed by atoms with Crippen LogP contribution >= 0.6 is 11.6 Å². The predicted octanol–water partition coefficient (Wildman–Crippen LogP) is 4.31. The third-order valence-electron chi connectivity index (χ3n) is 5.75. The van der Waals surface area contributed by atoms with Gasteiger partial charge in [0.2, 0.25) is 0 Å². The zero-order valence-electron chi connectivity index (χ0n) is 17.1. The highest BCUT2D eigenvalue weighted by atomic mass is 35.5. The maximum Gasteiger partial charge on any atom is 0.265 e. The Morgan fingerprint density at radius 1 is 1.30 bits per heavy atom. The van der Waals surface area contributed by atoms with E-state index in [-0.39, 0.29) is 23.8 Å². The van der Waals surface area contributed by atoms with Crippen molar-refractivity contribution in [3.8, 4) is 11.5 Å². The molecule has 1 aromatic carbocycles. The normalized spacial score (nSPS) is 24.1. The summed E-state index contributed by atoms with van der Waals surface area (Å²) in [6, 6.07) is 3.43. The number of likely N-dealkylation sites (tertiary alicyclic amines) is 1. The number of ether oxygens (including phenoxy) is 3. The van der Waals surface area contributed by atoms with Crippen LogP contribution < -0.4 is 14.8 Å². The number of methoxy groups -OCH3 is 1. The van der Waals surface area contributed by atoms with Crippen molar-refractivity contribution in [3.05, 3.63) is 40.9 Å². The molecular formula is C22H26ClFN2O4. The lowest BCUT2D eigenvalue weighted by Crippen LogP contribution is -2.50. The molecule has 8 heteroatoms. The zero-order valence-corrected chi connectivity index (χ0v) is 17.9. The van der Waals surface area contributed by atoms with E-state index < -0.39 is 6.10 Å². The van der Waals surface area contributed by atoms with E-state index in [1.807, 2.05) is 11.8 Å². The van der Waals surface area contributed by atoms with Crippen molar-refractivity contribution in [2.75, 3.05) is 32.1 Å². The van der Waals surface area contributed by atoms with E-state index >= 15 is 0 Å². The number of hydrogen-bond donors (Lipinski definition) is 1. The van der Waals surface area contributed by atoms with Crippen molar-refractivity contribution in [3.63, 3.8) is 0 Å². The highest BCUT2D eigenvalue weighted by molar-refractivity contribution is 6.32. The van der Waals surface area contributed by atoms with E-state index in [1.54, 1.807) is 18.2 Å². The molecule has 1 aromatic rings. The smallest absolute Gasteiger partial charge is 0.265 e. The van der Waals surface area contributed by atoms with Crippen LogP contribution in [0.5, 0.6) is 11.5 Å². The highest BCUT2D eigenvalue weighted by Gasteiger charge is 2.33. The molecule has 0 aromatic heterocycles. The molecule has 2 unspecified atom stereocenters. The molecule has 6 nitrogen and oxygen atoms in total. The Balaban J connectivity index is 1.33. The lowest BCUT2D eigenvalue weighted by Gasteiger charge is -2.36. The Labute approximate surface area is 180 Å². The first kappa shape index (κ1) is 20.8. The fourth-order valence-corrected chi connectivity index (χ4v) is 4.25. The van der Waals surface area contributed by atoms with Gasteiger partial charge in [-0.2, -0.15) is 0 Å². The molecule has 3 aliphatic rings. The Hall–Kier alpha value is -2.41. The third kappa shape index (κ3) is 4.36. The van der Waals surface area contributed by atoms with E-state index in [0.29, 0.717) is 42.6 Å². The van der Waals surface area contributed by atoms with Gasteiger partial charge in [0, 0.05) is 44.3 Å². The number of rotatable bonds is 4. The van der Waals surface area contributed by atoms with Crippen LogP contribution in [-0.2, 0) is 9.53 Å². The van der Waals surface area contributed by atoms with Crippen LogP contribution in [-0.4, -0.2) is 49.8 Å². The number of hydrogen-bond acceptors (Lipinski definition) is 5. The summed E-state index contributed by atoms with van der Waals surface area (Å²) in [5, 5.41) is 3.70. The second-order valence-corrected chi connectivity index (χ2v) is 8.31. The second kappa shape index (κ2) is 8.76. The molecule has 1 amide bonds. The van der Waals surface area contributed by atoms with Gasteiger partial charge in [-0.15, -0.1) is 0 Å². The van der Waals surface area contributed by atoms with Crippen LogP contribution in [0.25, 0.3) is 0 Å². The van der Waals surface area contributed by atoms with Crippen LogP contribution in [0.1, 0.15) is 26.2 Å². The molecule has 1 aliphatic carbocycles. The van der Waals surface area contributed by atoms with Gasteiger partial charge in [-0.1, -0.05) is 18.5 Å². The molecule has 0 bridgehead atoms. The molecule has 2 heterocycles. The van der Waals surface area contributed by atoms with E-state index in [0.717, 1.165) is 24.3 Å². The average Bonchev–Trinajstić information content (AvgIpc) is 2.75. The molecule has 4 rings (SSSR count). The number of nitrogens with zero attached hydrogens (tertiary/aromatic N) is 1. The van der Waals surface area contributed by atoms with Crippen LogP contribution in [0, 0.1) is 5.92 Å². The largest absolute Gasteiger partial charge is 0.495 e. The molecule has 0 saturated carbocycles. The maximum atomic E-state index is 13.3. The fraction of sp³-hybridized carbons (Fsp3) is 0.500. The first-order valence-corrected chi connectivity index (χ1v) is 10.6. The number of benzene rings is 1. The molecular weight excluding hydrogens is 411 g/mol. The van der Waals surface area contributed by atoms with Crippen LogP contribution in [0.3, 0.4) is 0 Å². The Bertz CT molecular complexity index is 880. The van der Waals surface area contributed by atoms with Gasteiger partial charge >= 0.3 is 0 Å². The first-order valence-electron chi connectivity index (χ1n) is 10.2. The van der Waals surface area contributed by atoms with Crippen molar-refractivity contribution >= 4 is 23.2 Å². The second-order valence-electron chi connectivity index (χ2n) is 7.90. The van der Waals surface area contributed by atoms with Crippen molar-refractivity contribution in [2.24, 2.45) is 5.92 Å². The summed E-state index contributed by atoms with van der Waals surface area (Å²) in [6.45, 7) is 3.55. The number of amides is 1. The van der Waals surface area contributed by atoms with Gasteiger partial charge in [0.15, 0.2) is 6.10 Å². The maximum absolute atomic E-state index is 13.3. The summed E-state index contributed by atoms with van der Waals surface area (Å²) in [6.07, 6.45) is 4.49. The summed E-state index contributed by atoms with van der Waals surface area (Å²) >= 11 is 6.15. The third-order valence-corrected chi connectivity index (χ3v) is 6.04. The molecule has 1 saturated heterocycles. The molecule has 30 heavy (non-hydrogen) atoms. The molecule has 2 atom stereocenters. The summed E-state index contributed by atoms with van der Waals surface area (Å²) in [4.78, 5) is 14.8. The van der Waals surface area contributed by atoms with Crippen molar-refractivity contribution in [1.29, 1.82) is 0 Å². The Morgan fingerprint density at radius 3 is 2.77 bits per heavy atom. The monoisotopic (exact) mass is 436 g/mol. The Morgan fingerprint density at radius 2 is 2.07 bits per heavy atom. The first-order chi connectivity index (χ1) is 14.4. The van der Waals surface area contributed by atoms with Gasteiger partial charge in [0.1, 0.15) is 23.4 Å². The SMILES string of the molecule is COc1cc2c(cc1Cl)NCC(C(=O)N1CCC(OC3=CC=C(F)CC3C)CC1)O2. The minimum Gasteiger partial charge on any atom is -0.495 e. The number of carbonyl (C=O) groups is 1. The summed E-state index contributed by atoms with van der Waals surface area (Å²) < 4.78 is 30.6. The van der Waals surface area contributed by atoms with E-state index in [4.69, 9.17) is 25.8 Å². The summed E-state index contributed by atoms with van der Waals surface area (Å²) in [5.41, 5.74) is 0.748. The average molecular weight is 437 g/mol. The molecule has 0 radical (unpaired) electrons. The lowest BCUT2D eigenvalue weighted by molar-refractivity contribution is -0.140. The van der Waals surface area contributed by atoms with Gasteiger partial charge in [0.05, 0.1) is 30.1 Å². The van der Waals surface area contributed by atoms with Crippen LogP contribution in [0.2, 0.25) is 5.02 Å². The lowest BCUT2D eigenvalue weighted by atomic mass is 9.99. The van der Waals surface area contributed by atoms with Gasteiger partial charge in [-0.25, -0.2) is 4.39 Å². The Kier molecular flexibility index (Phi) is 6.09. The molecule has 1 fully saturated rings. The highest BCUT2D eigenvalue weighted by Crippen LogP contribution is 2.38. The topological polar surface area (TPSA) is 60.0 Å². The minimum absolute atomic E-state index is 0.0369. The number of nitrogens with one attached hydrogen (secondary N) is 1. The van der Waals surface area contributed by atoms with Gasteiger partial charge < -0.3 is 24.4 Å². The number of carbonyl (C=O) groups excluding carboxylic acids is 1. The fourth-order valence-electron chi connectivity index (χ4n) is 4.01. The van der Waals surface area contributed by atoms with Gasteiger partial charge in [-0.05, 0) is 18.2 Å². The predicted molar refractivity (Wildman–Crippen MR) is 113 cm³/mol. The molecule has 162 valence electrons. The van der Waals surface area contributed by atoms with E-state index in [9.17, 15) is 9.18 Å².